The monoisotopic (exact) mass is 347 g/mol. The van der Waals surface area contributed by atoms with Crippen molar-refractivity contribution in [1.82, 2.24) is 0 Å². The minimum absolute atomic E-state index is 0.00823. The molecule has 0 aliphatic rings. The van der Waals surface area contributed by atoms with E-state index >= 15 is 0 Å². The van der Waals surface area contributed by atoms with E-state index in [1.807, 2.05) is 12.1 Å². The highest BCUT2D eigenvalue weighted by molar-refractivity contribution is 9.10. The van der Waals surface area contributed by atoms with E-state index in [4.69, 9.17) is 19.8 Å². The summed E-state index contributed by atoms with van der Waals surface area (Å²) in [5, 5.41) is 18.0. The molecule has 0 spiro atoms. The maximum absolute atomic E-state index is 9.07. The number of methoxy groups -OCH3 is 1. The molecule has 0 unspecified atom stereocenters. The van der Waals surface area contributed by atoms with Crippen molar-refractivity contribution in [1.29, 1.82) is 5.26 Å². The topological polar surface area (TPSA) is 62.5 Å². The van der Waals surface area contributed by atoms with Gasteiger partial charge in [-0.25, -0.2) is 0 Å². The minimum Gasteiger partial charge on any atom is -0.495 e. The number of aliphatic hydroxyl groups is 1. The van der Waals surface area contributed by atoms with Crippen LogP contribution in [0.4, 0.5) is 0 Å². The van der Waals surface area contributed by atoms with Gasteiger partial charge in [0, 0.05) is 0 Å². The van der Waals surface area contributed by atoms with Gasteiger partial charge in [-0.2, -0.15) is 5.26 Å². The van der Waals surface area contributed by atoms with Crippen LogP contribution in [0, 0.1) is 11.3 Å². The maximum atomic E-state index is 9.07. The number of aliphatic hydroxyl groups excluding tert-OH is 1. The Morgan fingerprint density at radius 3 is 2.52 bits per heavy atom. The Kier molecular flexibility index (Phi) is 5.20. The van der Waals surface area contributed by atoms with Crippen LogP contribution in [0.5, 0.6) is 11.5 Å². The summed E-state index contributed by atoms with van der Waals surface area (Å²) < 4.78 is 11.7. The summed E-state index contributed by atoms with van der Waals surface area (Å²) >= 11 is 3.41. The molecule has 0 aliphatic carbocycles. The van der Waals surface area contributed by atoms with E-state index in [1.165, 1.54) is 7.11 Å². The van der Waals surface area contributed by atoms with Crippen LogP contribution < -0.4 is 9.47 Å². The lowest BCUT2D eigenvalue weighted by Crippen LogP contribution is -1.98. The third-order valence-corrected chi connectivity index (χ3v) is 3.58. The van der Waals surface area contributed by atoms with E-state index in [9.17, 15) is 0 Å². The normalized spacial score (nSPS) is 10.0. The molecule has 0 radical (unpaired) electrons. The summed E-state index contributed by atoms with van der Waals surface area (Å²) in [5.41, 5.74) is 2.22. The molecule has 0 bridgehead atoms. The van der Waals surface area contributed by atoms with Crippen molar-refractivity contribution in [2.45, 2.75) is 13.2 Å². The van der Waals surface area contributed by atoms with Gasteiger partial charge in [0.15, 0.2) is 0 Å². The molecule has 0 fully saturated rings. The van der Waals surface area contributed by atoms with Crippen molar-refractivity contribution in [3.63, 3.8) is 0 Å². The van der Waals surface area contributed by atoms with Crippen LogP contribution in [0.3, 0.4) is 0 Å². The van der Waals surface area contributed by atoms with E-state index in [1.54, 1.807) is 24.3 Å². The molecule has 0 aliphatic heterocycles. The first-order valence-corrected chi connectivity index (χ1v) is 7.06. The van der Waals surface area contributed by atoms with Gasteiger partial charge in [-0.05, 0) is 51.3 Å². The molecule has 4 nitrogen and oxygen atoms in total. The molecule has 1 N–H and O–H groups in total. The van der Waals surface area contributed by atoms with Crippen molar-refractivity contribution in [2.75, 3.05) is 7.11 Å². The van der Waals surface area contributed by atoms with Crippen LogP contribution in [0.15, 0.2) is 40.9 Å². The second-order valence-electron chi connectivity index (χ2n) is 4.36. The Hall–Kier alpha value is -2.03. The Morgan fingerprint density at radius 1 is 1.14 bits per heavy atom. The fourth-order valence-electron chi connectivity index (χ4n) is 1.84. The molecular weight excluding hydrogens is 334 g/mol. The zero-order chi connectivity index (χ0) is 15.2. The molecule has 2 aromatic rings. The van der Waals surface area contributed by atoms with E-state index < -0.39 is 0 Å². The number of halogens is 1. The zero-order valence-corrected chi connectivity index (χ0v) is 13.1. The molecule has 21 heavy (non-hydrogen) atoms. The van der Waals surface area contributed by atoms with E-state index in [2.05, 4.69) is 22.0 Å². The highest BCUT2D eigenvalue weighted by atomic mass is 79.9. The van der Waals surface area contributed by atoms with Gasteiger partial charge in [-0.15, -0.1) is 0 Å². The SMILES string of the molecule is COc1cc(COc2ccc(CO)cc2Br)ccc1C#N. The fourth-order valence-corrected chi connectivity index (χ4v) is 2.38. The summed E-state index contributed by atoms with van der Waals surface area (Å²) in [6.07, 6.45) is 0. The molecule has 0 saturated carbocycles. The van der Waals surface area contributed by atoms with Crippen molar-refractivity contribution in [2.24, 2.45) is 0 Å². The molecule has 0 aromatic heterocycles. The number of nitrogens with zero attached hydrogens (tertiary/aromatic N) is 1. The maximum Gasteiger partial charge on any atom is 0.137 e. The van der Waals surface area contributed by atoms with Gasteiger partial charge in [-0.3, -0.25) is 0 Å². The van der Waals surface area contributed by atoms with Gasteiger partial charge in [0.05, 0.1) is 23.8 Å². The molecule has 5 heteroatoms. The highest BCUT2D eigenvalue weighted by Crippen LogP contribution is 2.27. The number of hydrogen-bond acceptors (Lipinski definition) is 4. The summed E-state index contributed by atoms with van der Waals surface area (Å²) in [7, 11) is 1.53. The average Bonchev–Trinajstić information content (AvgIpc) is 2.53. The Labute approximate surface area is 131 Å². The predicted octanol–water partition coefficient (Wildman–Crippen LogP) is 3.40. The van der Waals surface area contributed by atoms with Crippen LogP contribution in [0.25, 0.3) is 0 Å². The quantitative estimate of drug-likeness (QED) is 0.900. The van der Waals surface area contributed by atoms with Crippen LogP contribution in [-0.4, -0.2) is 12.2 Å². The van der Waals surface area contributed by atoms with Crippen LogP contribution >= 0.6 is 15.9 Å². The van der Waals surface area contributed by atoms with Crippen LogP contribution in [0.1, 0.15) is 16.7 Å². The Bertz CT molecular complexity index is 680. The smallest absolute Gasteiger partial charge is 0.137 e. The summed E-state index contributed by atoms with van der Waals surface area (Å²) in [5.74, 6) is 1.23. The van der Waals surface area contributed by atoms with Gasteiger partial charge in [0.25, 0.3) is 0 Å². The summed E-state index contributed by atoms with van der Waals surface area (Å²) in [6, 6.07) is 12.8. The van der Waals surface area contributed by atoms with E-state index in [-0.39, 0.29) is 6.61 Å². The lowest BCUT2D eigenvalue weighted by Gasteiger charge is -2.10. The lowest BCUT2D eigenvalue weighted by atomic mass is 10.1. The standard InChI is InChI=1S/C16H14BrNO3/c1-20-16-7-12(2-4-13(16)8-18)10-21-15-5-3-11(9-19)6-14(15)17/h2-7,19H,9-10H2,1H3. The highest BCUT2D eigenvalue weighted by Gasteiger charge is 2.06. The van der Waals surface area contributed by atoms with E-state index in [0.717, 1.165) is 15.6 Å². The summed E-state index contributed by atoms with van der Waals surface area (Å²) in [4.78, 5) is 0. The predicted molar refractivity (Wildman–Crippen MR) is 82.1 cm³/mol. The molecule has 0 saturated heterocycles. The van der Waals surface area contributed by atoms with Gasteiger partial charge in [0.1, 0.15) is 24.2 Å². The van der Waals surface area contributed by atoms with E-state index in [0.29, 0.717) is 23.7 Å². The van der Waals surface area contributed by atoms with Crippen molar-refractivity contribution in [3.05, 3.63) is 57.6 Å². The number of rotatable bonds is 5. The first-order valence-electron chi connectivity index (χ1n) is 6.27. The number of benzene rings is 2. The molecule has 0 amide bonds. The number of hydrogen-bond donors (Lipinski definition) is 1. The Morgan fingerprint density at radius 2 is 1.90 bits per heavy atom. The molecule has 0 atom stereocenters. The van der Waals surface area contributed by atoms with Crippen LogP contribution in [-0.2, 0) is 13.2 Å². The largest absolute Gasteiger partial charge is 0.495 e. The fraction of sp³-hybridized carbons (Fsp3) is 0.188. The molecule has 2 rings (SSSR count). The first-order chi connectivity index (χ1) is 10.2. The minimum atomic E-state index is -0.00823. The van der Waals surface area contributed by atoms with Gasteiger partial charge >= 0.3 is 0 Å². The molecule has 0 heterocycles. The average molecular weight is 348 g/mol. The van der Waals surface area contributed by atoms with Crippen molar-refractivity contribution < 1.29 is 14.6 Å². The second kappa shape index (κ2) is 7.11. The third kappa shape index (κ3) is 3.75. The second-order valence-corrected chi connectivity index (χ2v) is 5.21. The van der Waals surface area contributed by atoms with Gasteiger partial charge < -0.3 is 14.6 Å². The molecule has 108 valence electrons. The van der Waals surface area contributed by atoms with Gasteiger partial charge in [0.2, 0.25) is 0 Å². The zero-order valence-electron chi connectivity index (χ0n) is 11.5. The third-order valence-electron chi connectivity index (χ3n) is 2.96. The molecule has 2 aromatic carbocycles. The number of nitriles is 1. The van der Waals surface area contributed by atoms with Crippen molar-refractivity contribution in [3.8, 4) is 17.6 Å². The van der Waals surface area contributed by atoms with Gasteiger partial charge in [-0.1, -0.05) is 12.1 Å². The Balaban J connectivity index is 2.11. The molecular formula is C16H14BrNO3. The summed E-state index contributed by atoms with van der Waals surface area (Å²) in [6.45, 7) is 0.352. The van der Waals surface area contributed by atoms with Crippen molar-refractivity contribution >= 4 is 15.9 Å². The lowest BCUT2D eigenvalue weighted by molar-refractivity contribution is 0.280. The number of ether oxygens (including phenoxy) is 2. The first kappa shape index (κ1) is 15.4. The van der Waals surface area contributed by atoms with Crippen LogP contribution in [0.2, 0.25) is 0 Å².